The lowest BCUT2D eigenvalue weighted by atomic mass is 10.0. The Morgan fingerprint density at radius 2 is 1.61 bits per heavy atom. The highest BCUT2D eigenvalue weighted by atomic mass is 16.3. The minimum atomic E-state index is 0.398. The third kappa shape index (κ3) is 2.84. The summed E-state index contributed by atoms with van der Waals surface area (Å²) in [7, 11) is 0. The third-order valence-corrected chi connectivity index (χ3v) is 4.92. The van der Waals surface area contributed by atoms with Gasteiger partial charge in [-0.3, -0.25) is 4.90 Å². The SMILES string of the molecule is Oc1c2ccccc2cn1C1CCN(Cc2ccccc2)CC1. The second-order valence-corrected chi connectivity index (χ2v) is 6.44. The largest absolute Gasteiger partial charge is 0.494 e. The molecule has 1 aromatic heterocycles. The first-order chi connectivity index (χ1) is 11.3. The molecule has 3 nitrogen and oxygen atoms in total. The Kier molecular flexibility index (Phi) is 3.80. The number of hydrogen-bond acceptors (Lipinski definition) is 2. The number of aromatic nitrogens is 1. The summed E-state index contributed by atoms with van der Waals surface area (Å²) in [4.78, 5) is 2.51. The maximum Gasteiger partial charge on any atom is 0.199 e. The molecule has 118 valence electrons. The molecule has 23 heavy (non-hydrogen) atoms. The van der Waals surface area contributed by atoms with E-state index in [1.807, 2.05) is 18.2 Å². The standard InChI is InChI=1S/C20H22N2O/c23-20-19-9-5-4-8-17(19)15-22(20)18-10-12-21(13-11-18)14-16-6-2-1-3-7-16/h1-9,15,18,23H,10-14H2. The van der Waals surface area contributed by atoms with Crippen LogP contribution in [0.4, 0.5) is 0 Å². The van der Waals surface area contributed by atoms with E-state index >= 15 is 0 Å². The topological polar surface area (TPSA) is 28.4 Å². The molecule has 0 amide bonds. The molecule has 0 saturated carbocycles. The van der Waals surface area contributed by atoms with Gasteiger partial charge in [0.25, 0.3) is 0 Å². The first-order valence-corrected chi connectivity index (χ1v) is 8.36. The number of aromatic hydroxyl groups is 1. The first kappa shape index (κ1) is 14.3. The van der Waals surface area contributed by atoms with Gasteiger partial charge in [-0.25, -0.2) is 0 Å². The van der Waals surface area contributed by atoms with Crippen LogP contribution < -0.4 is 0 Å². The van der Waals surface area contributed by atoms with E-state index in [2.05, 4.69) is 52.1 Å². The van der Waals surface area contributed by atoms with Crippen molar-refractivity contribution in [1.82, 2.24) is 9.47 Å². The van der Waals surface area contributed by atoms with Gasteiger partial charge < -0.3 is 9.67 Å². The van der Waals surface area contributed by atoms with Crippen LogP contribution in [0.5, 0.6) is 5.88 Å². The Hall–Kier alpha value is -2.26. The van der Waals surface area contributed by atoms with Gasteiger partial charge in [0.1, 0.15) is 0 Å². The molecule has 0 bridgehead atoms. The molecule has 0 unspecified atom stereocenters. The van der Waals surface area contributed by atoms with Gasteiger partial charge >= 0.3 is 0 Å². The van der Waals surface area contributed by atoms with Crippen LogP contribution in [-0.4, -0.2) is 27.7 Å². The summed E-state index contributed by atoms with van der Waals surface area (Å²) in [6.07, 6.45) is 4.27. The summed E-state index contributed by atoms with van der Waals surface area (Å²) >= 11 is 0. The monoisotopic (exact) mass is 306 g/mol. The van der Waals surface area contributed by atoms with Gasteiger partial charge in [0.05, 0.1) is 0 Å². The minimum Gasteiger partial charge on any atom is -0.494 e. The number of likely N-dealkylation sites (tertiary alicyclic amines) is 1. The maximum atomic E-state index is 10.5. The lowest BCUT2D eigenvalue weighted by molar-refractivity contribution is 0.175. The second-order valence-electron chi connectivity index (χ2n) is 6.44. The van der Waals surface area contributed by atoms with Gasteiger partial charge in [-0.05, 0) is 24.5 Å². The van der Waals surface area contributed by atoms with Gasteiger partial charge in [0, 0.05) is 42.6 Å². The normalized spacial score (nSPS) is 16.9. The highest BCUT2D eigenvalue weighted by Crippen LogP contribution is 2.34. The highest BCUT2D eigenvalue weighted by molar-refractivity contribution is 5.87. The summed E-state index contributed by atoms with van der Waals surface area (Å²) in [6, 6.07) is 19.1. The van der Waals surface area contributed by atoms with Crippen molar-refractivity contribution in [2.45, 2.75) is 25.4 Å². The quantitative estimate of drug-likeness (QED) is 0.786. The van der Waals surface area contributed by atoms with E-state index in [1.54, 1.807) is 0 Å². The van der Waals surface area contributed by atoms with E-state index in [-0.39, 0.29) is 0 Å². The Balaban J connectivity index is 1.45. The molecule has 0 atom stereocenters. The lowest BCUT2D eigenvalue weighted by Gasteiger charge is -2.33. The molecule has 1 aliphatic heterocycles. The van der Waals surface area contributed by atoms with Crippen molar-refractivity contribution in [2.75, 3.05) is 13.1 Å². The molecule has 3 heteroatoms. The second kappa shape index (κ2) is 6.09. The number of nitrogens with zero attached hydrogens (tertiary/aromatic N) is 2. The van der Waals surface area contributed by atoms with Gasteiger partial charge in [0.2, 0.25) is 0 Å². The highest BCUT2D eigenvalue weighted by Gasteiger charge is 2.23. The van der Waals surface area contributed by atoms with Crippen molar-refractivity contribution in [3.8, 4) is 5.88 Å². The summed E-state index contributed by atoms with van der Waals surface area (Å²) in [5.74, 6) is 0.419. The Labute approximate surface area is 136 Å². The molecule has 1 aliphatic rings. The van der Waals surface area contributed by atoms with Gasteiger partial charge in [-0.15, -0.1) is 0 Å². The molecule has 0 radical (unpaired) electrons. The van der Waals surface area contributed by atoms with Gasteiger partial charge in [-0.1, -0.05) is 48.5 Å². The van der Waals surface area contributed by atoms with Crippen LogP contribution in [0, 0.1) is 0 Å². The van der Waals surface area contributed by atoms with Crippen molar-refractivity contribution in [3.05, 3.63) is 66.4 Å². The summed E-state index contributed by atoms with van der Waals surface area (Å²) in [6.45, 7) is 3.17. The van der Waals surface area contributed by atoms with E-state index in [4.69, 9.17) is 0 Å². The Morgan fingerprint density at radius 1 is 0.913 bits per heavy atom. The molecule has 1 fully saturated rings. The van der Waals surface area contributed by atoms with Crippen LogP contribution in [0.3, 0.4) is 0 Å². The molecule has 0 aliphatic carbocycles. The number of fused-ring (bicyclic) bond motifs is 1. The Bertz CT molecular complexity index is 786. The Morgan fingerprint density at radius 3 is 2.35 bits per heavy atom. The van der Waals surface area contributed by atoms with Gasteiger partial charge in [-0.2, -0.15) is 0 Å². The van der Waals surface area contributed by atoms with E-state index in [0.29, 0.717) is 11.9 Å². The molecular formula is C20H22N2O. The maximum absolute atomic E-state index is 10.5. The molecule has 3 aromatic rings. The predicted molar refractivity (Wildman–Crippen MR) is 93.6 cm³/mol. The predicted octanol–water partition coefficient (Wildman–Crippen LogP) is 4.18. The van der Waals surface area contributed by atoms with Crippen LogP contribution in [0.1, 0.15) is 24.4 Å². The number of hydrogen-bond donors (Lipinski definition) is 1. The van der Waals surface area contributed by atoms with Crippen LogP contribution in [0.25, 0.3) is 10.8 Å². The summed E-state index contributed by atoms with van der Waals surface area (Å²) in [5, 5.41) is 12.6. The van der Waals surface area contributed by atoms with E-state index < -0.39 is 0 Å². The molecule has 0 spiro atoms. The fourth-order valence-electron chi connectivity index (χ4n) is 3.64. The van der Waals surface area contributed by atoms with Crippen molar-refractivity contribution in [3.63, 3.8) is 0 Å². The smallest absolute Gasteiger partial charge is 0.199 e. The third-order valence-electron chi connectivity index (χ3n) is 4.92. The van der Waals surface area contributed by atoms with Crippen LogP contribution in [-0.2, 0) is 6.54 Å². The average molecular weight is 306 g/mol. The van der Waals surface area contributed by atoms with Crippen molar-refractivity contribution in [2.24, 2.45) is 0 Å². The summed E-state index contributed by atoms with van der Waals surface area (Å²) in [5.41, 5.74) is 1.38. The van der Waals surface area contributed by atoms with E-state index in [1.165, 1.54) is 5.56 Å². The number of benzene rings is 2. The van der Waals surface area contributed by atoms with Gasteiger partial charge in [0.15, 0.2) is 5.88 Å². The van der Waals surface area contributed by atoms with E-state index in [0.717, 1.165) is 43.2 Å². The zero-order chi connectivity index (χ0) is 15.6. The summed E-state index contributed by atoms with van der Waals surface area (Å²) < 4.78 is 2.07. The zero-order valence-corrected chi connectivity index (χ0v) is 13.2. The first-order valence-electron chi connectivity index (χ1n) is 8.36. The lowest BCUT2D eigenvalue weighted by Crippen LogP contribution is -2.33. The molecule has 4 rings (SSSR count). The minimum absolute atomic E-state index is 0.398. The van der Waals surface area contributed by atoms with E-state index in [9.17, 15) is 5.11 Å². The number of piperidine rings is 1. The fourth-order valence-corrected chi connectivity index (χ4v) is 3.64. The molecule has 2 heterocycles. The fraction of sp³-hybridized carbons (Fsp3) is 0.300. The number of rotatable bonds is 3. The molecular weight excluding hydrogens is 284 g/mol. The average Bonchev–Trinajstić information content (AvgIpc) is 2.94. The zero-order valence-electron chi connectivity index (χ0n) is 13.2. The van der Waals surface area contributed by atoms with Crippen molar-refractivity contribution >= 4 is 10.8 Å². The van der Waals surface area contributed by atoms with Crippen LogP contribution in [0.15, 0.2) is 60.8 Å². The van der Waals surface area contributed by atoms with Crippen LogP contribution >= 0.6 is 0 Å². The molecule has 1 saturated heterocycles. The van der Waals surface area contributed by atoms with Crippen molar-refractivity contribution in [1.29, 1.82) is 0 Å². The molecule has 2 aromatic carbocycles. The van der Waals surface area contributed by atoms with Crippen molar-refractivity contribution < 1.29 is 5.11 Å². The van der Waals surface area contributed by atoms with Crippen LogP contribution in [0.2, 0.25) is 0 Å². The molecule has 1 N–H and O–H groups in total.